The zero-order valence-electron chi connectivity index (χ0n) is 11.0. The molecule has 1 atom stereocenters. The highest BCUT2D eigenvalue weighted by molar-refractivity contribution is 5.94. The maximum atomic E-state index is 12.2. The molecular weight excluding hydrogens is 290 g/mol. The first-order chi connectivity index (χ1) is 9.08. The van der Waals surface area contributed by atoms with Gasteiger partial charge in [0.25, 0.3) is 5.91 Å². The molecule has 7 heteroatoms. The number of benzene rings is 1. The van der Waals surface area contributed by atoms with Gasteiger partial charge in [0.05, 0.1) is 0 Å². The van der Waals surface area contributed by atoms with Gasteiger partial charge in [-0.3, -0.25) is 4.79 Å². The molecule has 112 valence electrons. The number of nitrogens with one attached hydrogen (secondary N) is 1. The first-order valence-electron chi connectivity index (χ1n) is 6.10. The number of carbonyl (C=O) groups is 1. The molecule has 1 aliphatic rings. The molecule has 0 aliphatic carbocycles. The molecule has 0 unspecified atom stereocenters. The largest absolute Gasteiger partial charge is 0.435 e. The van der Waals surface area contributed by atoms with E-state index in [1.165, 1.54) is 24.3 Å². The lowest BCUT2D eigenvalue weighted by Gasteiger charge is -2.23. The van der Waals surface area contributed by atoms with E-state index >= 15 is 0 Å². The van der Waals surface area contributed by atoms with Crippen molar-refractivity contribution >= 4 is 18.3 Å². The summed E-state index contributed by atoms with van der Waals surface area (Å²) in [4.78, 5) is 13.9. The maximum absolute atomic E-state index is 12.2. The summed E-state index contributed by atoms with van der Waals surface area (Å²) in [5.41, 5.74) is 0.469. The molecule has 1 N–H and O–H groups in total. The van der Waals surface area contributed by atoms with E-state index < -0.39 is 6.61 Å². The third-order valence-corrected chi connectivity index (χ3v) is 3.23. The van der Waals surface area contributed by atoms with Gasteiger partial charge in [-0.05, 0) is 37.2 Å². The van der Waals surface area contributed by atoms with E-state index in [1.807, 2.05) is 0 Å². The van der Waals surface area contributed by atoms with Crippen molar-refractivity contribution < 1.29 is 18.3 Å². The van der Waals surface area contributed by atoms with Gasteiger partial charge >= 0.3 is 6.61 Å². The maximum Gasteiger partial charge on any atom is 0.387 e. The predicted octanol–water partition coefficient (Wildman–Crippen LogP) is 2.14. The average molecular weight is 307 g/mol. The van der Waals surface area contributed by atoms with E-state index in [2.05, 4.69) is 10.1 Å². The quantitative estimate of drug-likeness (QED) is 0.927. The number of rotatable bonds is 4. The molecule has 0 radical (unpaired) electrons. The Hall–Kier alpha value is -1.40. The van der Waals surface area contributed by atoms with E-state index in [0.717, 1.165) is 19.5 Å². The van der Waals surface area contributed by atoms with Crippen molar-refractivity contribution in [2.75, 3.05) is 20.1 Å². The Morgan fingerprint density at radius 2 is 2.05 bits per heavy atom. The number of hydrogen-bond donors (Lipinski definition) is 1. The molecule has 0 bridgehead atoms. The lowest BCUT2D eigenvalue weighted by molar-refractivity contribution is -0.0498. The van der Waals surface area contributed by atoms with Gasteiger partial charge < -0.3 is 15.0 Å². The van der Waals surface area contributed by atoms with Crippen molar-refractivity contribution in [3.8, 4) is 5.75 Å². The molecule has 1 heterocycles. The van der Waals surface area contributed by atoms with Crippen LogP contribution in [-0.4, -0.2) is 43.6 Å². The van der Waals surface area contributed by atoms with Crippen molar-refractivity contribution in [1.29, 1.82) is 0 Å². The van der Waals surface area contributed by atoms with Gasteiger partial charge in [0.2, 0.25) is 0 Å². The van der Waals surface area contributed by atoms with Crippen LogP contribution in [0.3, 0.4) is 0 Å². The topological polar surface area (TPSA) is 41.6 Å². The molecule has 0 aromatic heterocycles. The molecule has 1 fully saturated rings. The monoisotopic (exact) mass is 306 g/mol. The second kappa shape index (κ2) is 7.40. The van der Waals surface area contributed by atoms with Gasteiger partial charge in [0, 0.05) is 25.2 Å². The number of carbonyl (C=O) groups excluding carboxylic acids is 1. The molecule has 0 spiro atoms. The minimum absolute atomic E-state index is 0. The van der Waals surface area contributed by atoms with Crippen molar-refractivity contribution in [2.24, 2.45) is 0 Å². The average Bonchev–Trinajstić information content (AvgIpc) is 2.91. The zero-order valence-corrected chi connectivity index (χ0v) is 11.8. The van der Waals surface area contributed by atoms with E-state index in [9.17, 15) is 13.6 Å². The second-order valence-corrected chi connectivity index (χ2v) is 4.47. The van der Waals surface area contributed by atoms with E-state index in [-0.39, 0.29) is 30.1 Å². The fourth-order valence-corrected chi connectivity index (χ4v) is 2.12. The second-order valence-electron chi connectivity index (χ2n) is 4.47. The molecule has 1 saturated heterocycles. The van der Waals surface area contributed by atoms with Crippen LogP contribution in [0.25, 0.3) is 0 Å². The van der Waals surface area contributed by atoms with Crippen LogP contribution in [0.15, 0.2) is 24.3 Å². The van der Waals surface area contributed by atoms with Crippen LogP contribution in [0.4, 0.5) is 8.78 Å². The number of alkyl halides is 2. The number of halogens is 3. The van der Waals surface area contributed by atoms with E-state index in [0.29, 0.717) is 5.56 Å². The molecule has 1 aromatic carbocycles. The third-order valence-electron chi connectivity index (χ3n) is 3.23. The fourth-order valence-electron chi connectivity index (χ4n) is 2.12. The van der Waals surface area contributed by atoms with Gasteiger partial charge in [-0.25, -0.2) is 0 Å². The summed E-state index contributed by atoms with van der Waals surface area (Å²) < 4.78 is 28.3. The third kappa shape index (κ3) is 4.05. The molecular formula is C13H17ClF2N2O2. The van der Waals surface area contributed by atoms with Gasteiger partial charge in [-0.2, -0.15) is 8.78 Å². The molecule has 4 nitrogen and oxygen atoms in total. The van der Waals surface area contributed by atoms with Gasteiger partial charge in [0.15, 0.2) is 0 Å². The predicted molar refractivity (Wildman–Crippen MR) is 73.7 cm³/mol. The Balaban J connectivity index is 0.00000200. The Bertz CT molecular complexity index is 437. The highest BCUT2D eigenvalue weighted by Crippen LogP contribution is 2.17. The van der Waals surface area contributed by atoms with Gasteiger partial charge in [-0.1, -0.05) is 0 Å². The van der Waals surface area contributed by atoms with Crippen LogP contribution < -0.4 is 10.1 Å². The number of likely N-dealkylation sites (N-methyl/N-ethyl adjacent to an activating group) is 1. The van der Waals surface area contributed by atoms with Crippen molar-refractivity contribution in [3.63, 3.8) is 0 Å². The number of hydrogen-bond acceptors (Lipinski definition) is 3. The molecule has 1 amide bonds. The SMILES string of the molecule is CN(C(=O)c1ccc(OC(F)F)cc1)[C@@H]1CCNC1.Cl. The standard InChI is InChI=1S/C13H16F2N2O2.ClH/c1-17(10-6-7-16-8-10)12(18)9-2-4-11(5-3-9)19-13(14)15;/h2-5,10,13,16H,6-8H2,1H3;1H/t10-;/m1./s1. The normalized spacial score (nSPS) is 17.7. The molecule has 0 saturated carbocycles. The van der Waals surface area contributed by atoms with Crippen LogP contribution in [0.5, 0.6) is 5.75 Å². The summed E-state index contributed by atoms with van der Waals surface area (Å²) in [6.45, 7) is -1.16. The van der Waals surface area contributed by atoms with Crippen LogP contribution in [-0.2, 0) is 0 Å². The first kappa shape index (κ1) is 16.7. The fraction of sp³-hybridized carbons (Fsp3) is 0.462. The summed E-state index contributed by atoms with van der Waals surface area (Å²) in [5, 5.41) is 3.19. The van der Waals surface area contributed by atoms with Crippen molar-refractivity contribution in [1.82, 2.24) is 10.2 Å². The highest BCUT2D eigenvalue weighted by Gasteiger charge is 2.23. The van der Waals surface area contributed by atoms with Crippen LogP contribution in [0.1, 0.15) is 16.8 Å². The Morgan fingerprint density at radius 1 is 1.40 bits per heavy atom. The molecule has 1 aromatic rings. The smallest absolute Gasteiger partial charge is 0.387 e. The Labute approximate surface area is 122 Å². The lowest BCUT2D eigenvalue weighted by Crippen LogP contribution is -2.38. The summed E-state index contributed by atoms with van der Waals surface area (Å²) in [6.07, 6.45) is 0.925. The number of nitrogens with zero attached hydrogens (tertiary/aromatic N) is 1. The highest BCUT2D eigenvalue weighted by atomic mass is 35.5. The van der Waals surface area contributed by atoms with Gasteiger partial charge in [0.1, 0.15) is 5.75 Å². The van der Waals surface area contributed by atoms with Crippen LogP contribution >= 0.6 is 12.4 Å². The van der Waals surface area contributed by atoms with E-state index in [4.69, 9.17) is 0 Å². The summed E-state index contributed by atoms with van der Waals surface area (Å²) in [7, 11) is 1.75. The molecule has 20 heavy (non-hydrogen) atoms. The minimum atomic E-state index is -2.85. The van der Waals surface area contributed by atoms with Gasteiger partial charge in [-0.15, -0.1) is 12.4 Å². The first-order valence-corrected chi connectivity index (χ1v) is 6.10. The summed E-state index contributed by atoms with van der Waals surface area (Å²) in [6, 6.07) is 5.93. The summed E-state index contributed by atoms with van der Waals surface area (Å²) in [5.74, 6) is -0.0611. The van der Waals surface area contributed by atoms with E-state index in [1.54, 1.807) is 11.9 Å². The number of amides is 1. The Morgan fingerprint density at radius 3 is 2.55 bits per heavy atom. The zero-order chi connectivity index (χ0) is 13.8. The number of ether oxygens (including phenoxy) is 1. The molecule has 2 rings (SSSR count). The summed E-state index contributed by atoms with van der Waals surface area (Å²) >= 11 is 0. The Kier molecular flexibility index (Phi) is 6.16. The molecule has 1 aliphatic heterocycles. The van der Waals surface area contributed by atoms with Crippen LogP contribution in [0, 0.1) is 0 Å². The van der Waals surface area contributed by atoms with Crippen molar-refractivity contribution in [3.05, 3.63) is 29.8 Å². The lowest BCUT2D eigenvalue weighted by atomic mass is 10.1. The van der Waals surface area contributed by atoms with Crippen LogP contribution in [0.2, 0.25) is 0 Å². The van der Waals surface area contributed by atoms with Crippen molar-refractivity contribution in [2.45, 2.75) is 19.1 Å². The minimum Gasteiger partial charge on any atom is -0.435 e.